The lowest BCUT2D eigenvalue weighted by molar-refractivity contribution is -0.121. The first-order valence-electron chi connectivity index (χ1n) is 8.06. The number of hydrogen-bond donors (Lipinski definition) is 2. The molecule has 7 heteroatoms. The molecular weight excluding hydrogens is 324 g/mol. The van der Waals surface area contributed by atoms with Crippen LogP contribution in [0.3, 0.4) is 0 Å². The van der Waals surface area contributed by atoms with E-state index in [-0.39, 0.29) is 12.5 Å². The Labute approximate surface area is 143 Å². The molecular formula is C17H24N4O2S. The van der Waals surface area contributed by atoms with E-state index < -0.39 is 15.3 Å². The number of hydrogen-bond acceptors (Lipinski definition) is 5. The molecule has 0 aromatic heterocycles. The van der Waals surface area contributed by atoms with E-state index in [0.29, 0.717) is 24.2 Å². The molecule has 2 rings (SSSR count). The first kappa shape index (κ1) is 18.3. The lowest BCUT2D eigenvalue weighted by atomic mass is 9.83. The largest absolute Gasteiger partial charge is 0.374 e. The van der Waals surface area contributed by atoms with Crippen LogP contribution < -0.4 is 10.6 Å². The van der Waals surface area contributed by atoms with Gasteiger partial charge >= 0.3 is 0 Å². The van der Waals surface area contributed by atoms with Gasteiger partial charge in [0, 0.05) is 22.2 Å². The van der Waals surface area contributed by atoms with Gasteiger partial charge in [-0.15, -0.1) is 0 Å². The average molecular weight is 348 g/mol. The van der Waals surface area contributed by atoms with Gasteiger partial charge in [-0.25, -0.2) is 4.21 Å². The third-order valence-corrected chi connectivity index (χ3v) is 4.60. The molecule has 0 spiro atoms. The molecule has 0 heterocycles. The summed E-state index contributed by atoms with van der Waals surface area (Å²) in [5.41, 5.74) is 0.480. The van der Waals surface area contributed by atoms with Crippen molar-refractivity contribution in [3.63, 3.8) is 0 Å². The van der Waals surface area contributed by atoms with Gasteiger partial charge < -0.3 is 10.6 Å². The Kier molecular flexibility index (Phi) is 5.84. The molecule has 1 aliphatic rings. The Morgan fingerprint density at radius 1 is 1.29 bits per heavy atom. The van der Waals surface area contributed by atoms with Crippen LogP contribution in [0, 0.1) is 11.3 Å². The highest BCUT2D eigenvalue weighted by molar-refractivity contribution is 7.92. The third-order valence-electron chi connectivity index (χ3n) is 3.96. The highest BCUT2D eigenvalue weighted by atomic mass is 32.2. The molecule has 0 unspecified atom stereocenters. The maximum atomic E-state index is 12.2. The number of carbonyl (C=O) groups excluding carboxylic acids is 1. The second-order valence-electron chi connectivity index (χ2n) is 6.45. The van der Waals surface area contributed by atoms with Crippen molar-refractivity contribution in [2.24, 2.45) is 4.36 Å². The van der Waals surface area contributed by atoms with Crippen molar-refractivity contribution >= 4 is 27.0 Å². The summed E-state index contributed by atoms with van der Waals surface area (Å²) in [6.07, 6.45) is 7.57. The van der Waals surface area contributed by atoms with Crippen molar-refractivity contribution in [1.82, 2.24) is 5.32 Å². The van der Waals surface area contributed by atoms with E-state index in [4.69, 9.17) is 0 Å². The number of anilines is 1. The summed E-state index contributed by atoms with van der Waals surface area (Å²) in [5.74, 6) is -0.220. The molecule has 6 nitrogen and oxygen atoms in total. The first-order chi connectivity index (χ1) is 11.3. The standard InChI is InChI=1S/C17H24N4O2S/c1-24(2,23)21-15-9-5-4-8-14(15)19-12-16(22)20-17(13-18)10-6-3-7-11-17/h4-5,8-9,19H,3,6-7,10-12H2,1-2H3,(H,20,22). The lowest BCUT2D eigenvalue weighted by Crippen LogP contribution is -2.50. The molecule has 0 saturated heterocycles. The summed E-state index contributed by atoms with van der Waals surface area (Å²) in [4.78, 5) is 12.2. The zero-order valence-electron chi connectivity index (χ0n) is 14.2. The Morgan fingerprint density at radius 2 is 1.96 bits per heavy atom. The fraction of sp³-hybridized carbons (Fsp3) is 0.529. The normalized spacial score (nSPS) is 16.7. The van der Waals surface area contributed by atoms with E-state index in [2.05, 4.69) is 21.1 Å². The molecule has 1 fully saturated rings. The Hall–Kier alpha value is -2.07. The van der Waals surface area contributed by atoms with E-state index in [1.165, 1.54) is 0 Å². The monoisotopic (exact) mass is 348 g/mol. The van der Waals surface area contributed by atoms with E-state index >= 15 is 0 Å². The number of amides is 1. The zero-order valence-corrected chi connectivity index (χ0v) is 15.0. The Balaban J connectivity index is 2.02. The number of rotatable bonds is 5. The van der Waals surface area contributed by atoms with Gasteiger partial charge in [0.15, 0.2) is 0 Å². The summed E-state index contributed by atoms with van der Waals surface area (Å²) >= 11 is 0. The van der Waals surface area contributed by atoms with Crippen LogP contribution >= 0.6 is 0 Å². The van der Waals surface area contributed by atoms with Crippen LogP contribution in [0.5, 0.6) is 0 Å². The number of nitrogens with one attached hydrogen (secondary N) is 2. The summed E-state index contributed by atoms with van der Waals surface area (Å²) in [6.45, 7) is 0.0462. The molecule has 1 aliphatic carbocycles. The van der Waals surface area contributed by atoms with Crippen molar-refractivity contribution in [2.75, 3.05) is 24.4 Å². The highest BCUT2D eigenvalue weighted by Gasteiger charge is 2.33. The summed E-state index contributed by atoms with van der Waals surface area (Å²) in [7, 11) is -2.28. The molecule has 1 saturated carbocycles. The van der Waals surface area contributed by atoms with Gasteiger partial charge in [0.05, 0.1) is 24.0 Å². The lowest BCUT2D eigenvalue weighted by Gasteiger charge is -2.31. The van der Waals surface area contributed by atoms with Crippen LogP contribution in [-0.4, -0.2) is 34.7 Å². The van der Waals surface area contributed by atoms with E-state index in [0.717, 1.165) is 19.3 Å². The minimum absolute atomic E-state index is 0.0462. The highest BCUT2D eigenvalue weighted by Crippen LogP contribution is 2.28. The molecule has 2 N–H and O–H groups in total. The van der Waals surface area contributed by atoms with E-state index in [1.807, 2.05) is 12.1 Å². The Bertz CT molecular complexity index is 746. The molecule has 0 aliphatic heterocycles. The van der Waals surface area contributed by atoms with Crippen LogP contribution in [0.2, 0.25) is 0 Å². The van der Waals surface area contributed by atoms with Crippen molar-refractivity contribution in [2.45, 2.75) is 37.6 Å². The second-order valence-corrected chi connectivity index (χ2v) is 8.99. The van der Waals surface area contributed by atoms with Crippen molar-refractivity contribution in [3.8, 4) is 6.07 Å². The Morgan fingerprint density at radius 3 is 2.58 bits per heavy atom. The molecule has 0 radical (unpaired) electrons. The van der Waals surface area contributed by atoms with Gasteiger partial charge in [0.2, 0.25) is 5.91 Å². The summed E-state index contributed by atoms with van der Waals surface area (Å²) in [6, 6.07) is 9.45. The number of carbonyl (C=O) groups is 1. The van der Waals surface area contributed by atoms with Crippen LogP contribution in [0.4, 0.5) is 11.4 Å². The third kappa shape index (κ3) is 5.24. The number of nitrogens with zero attached hydrogens (tertiary/aromatic N) is 2. The SMILES string of the molecule is CS(C)(=O)=Nc1ccccc1NCC(=O)NC1(C#N)CCCCC1. The molecule has 0 atom stereocenters. The van der Waals surface area contributed by atoms with Crippen molar-refractivity contribution in [3.05, 3.63) is 24.3 Å². The predicted molar refractivity (Wildman–Crippen MR) is 96.6 cm³/mol. The molecule has 0 bridgehead atoms. The number of para-hydroxylation sites is 1. The van der Waals surface area contributed by atoms with Crippen molar-refractivity contribution in [1.29, 1.82) is 5.26 Å². The minimum Gasteiger partial charge on any atom is -0.374 e. The van der Waals surface area contributed by atoms with Crippen molar-refractivity contribution < 1.29 is 9.00 Å². The topological polar surface area (TPSA) is 94.3 Å². The fourth-order valence-corrected chi connectivity index (χ4v) is 3.48. The zero-order chi connectivity index (χ0) is 17.6. The molecule has 1 aromatic carbocycles. The van der Waals surface area contributed by atoms with E-state index in [9.17, 15) is 14.3 Å². The summed E-state index contributed by atoms with van der Waals surface area (Å²) in [5, 5.41) is 15.3. The van der Waals surface area contributed by atoms with Gasteiger partial charge in [0.25, 0.3) is 0 Å². The van der Waals surface area contributed by atoms with Crippen LogP contribution in [0.1, 0.15) is 32.1 Å². The maximum Gasteiger partial charge on any atom is 0.240 e. The summed E-state index contributed by atoms with van der Waals surface area (Å²) < 4.78 is 16.1. The van der Waals surface area contributed by atoms with Crippen LogP contribution in [0.25, 0.3) is 0 Å². The van der Waals surface area contributed by atoms with Gasteiger partial charge in [-0.05, 0) is 25.0 Å². The first-order valence-corrected chi connectivity index (χ1v) is 10.4. The fourth-order valence-electron chi connectivity index (χ4n) is 2.85. The predicted octanol–water partition coefficient (Wildman–Crippen LogP) is 2.80. The minimum atomic E-state index is -2.28. The molecule has 130 valence electrons. The second kappa shape index (κ2) is 7.67. The smallest absolute Gasteiger partial charge is 0.240 e. The van der Waals surface area contributed by atoms with Gasteiger partial charge in [-0.2, -0.15) is 9.62 Å². The number of nitriles is 1. The molecule has 24 heavy (non-hydrogen) atoms. The molecule has 1 aromatic rings. The average Bonchev–Trinajstić information content (AvgIpc) is 2.53. The number of benzene rings is 1. The van der Waals surface area contributed by atoms with Gasteiger partial charge in [0.1, 0.15) is 5.54 Å². The quantitative estimate of drug-likeness (QED) is 0.855. The van der Waals surface area contributed by atoms with Gasteiger partial charge in [-0.1, -0.05) is 31.4 Å². The van der Waals surface area contributed by atoms with E-state index in [1.54, 1.807) is 24.6 Å². The van der Waals surface area contributed by atoms with Gasteiger partial charge in [-0.3, -0.25) is 4.79 Å². The van der Waals surface area contributed by atoms with Crippen LogP contribution in [-0.2, 0) is 14.5 Å². The molecule has 1 amide bonds. The maximum absolute atomic E-state index is 12.2. The van der Waals surface area contributed by atoms with Crippen LogP contribution in [0.15, 0.2) is 28.6 Å².